The first-order valence-corrected chi connectivity index (χ1v) is 13.2. The highest BCUT2D eigenvalue weighted by molar-refractivity contribution is 6.21. The number of hydrogen-bond acceptors (Lipinski definition) is 2. The van der Waals surface area contributed by atoms with Crippen molar-refractivity contribution in [3.05, 3.63) is 146 Å². The molecule has 0 spiro atoms. The third-order valence-electron chi connectivity index (χ3n) is 7.48. The fourth-order valence-electron chi connectivity index (χ4n) is 5.69. The minimum atomic E-state index is 1.14. The molecular weight excluding hydrogens is 472 g/mol. The van der Waals surface area contributed by atoms with E-state index in [4.69, 9.17) is 0 Å². The lowest BCUT2D eigenvalue weighted by Gasteiger charge is -2.18. The van der Waals surface area contributed by atoms with E-state index in [2.05, 4.69) is 132 Å². The number of fused-ring (bicyclic) bond motifs is 2. The van der Waals surface area contributed by atoms with Gasteiger partial charge >= 0.3 is 0 Å². The molecule has 0 unspecified atom stereocenters. The van der Waals surface area contributed by atoms with E-state index in [-0.39, 0.29) is 0 Å². The number of aryl methyl sites for hydroxylation is 1. The maximum Gasteiger partial charge on any atom is 0.0346 e. The van der Waals surface area contributed by atoms with Gasteiger partial charge in [0.25, 0.3) is 0 Å². The number of pyridine rings is 2. The molecular formula is C37H26N2. The summed E-state index contributed by atoms with van der Waals surface area (Å²) in [6, 6.07) is 41.7. The zero-order valence-corrected chi connectivity index (χ0v) is 21.7. The molecule has 0 bridgehead atoms. The smallest absolute Gasteiger partial charge is 0.0346 e. The second-order valence-corrected chi connectivity index (χ2v) is 9.99. The van der Waals surface area contributed by atoms with Crippen LogP contribution in [0.15, 0.2) is 140 Å². The molecule has 2 heterocycles. The summed E-state index contributed by atoms with van der Waals surface area (Å²) in [5.41, 5.74) is 10.8. The standard InChI is InChI=1S/C37H26N2/c1-25-21-31(24-39-23-25)26-13-15-28(16-14-26)36-32-9-2-4-11-34(32)37(35-12-5-3-10-33(35)36)30-8-6-7-29(22-30)27-17-19-38-20-18-27/h2-24H,1H3. The highest BCUT2D eigenvalue weighted by atomic mass is 14.6. The number of benzene rings is 5. The van der Waals surface area contributed by atoms with Crippen molar-refractivity contribution in [1.82, 2.24) is 9.97 Å². The van der Waals surface area contributed by atoms with Gasteiger partial charge in [0, 0.05) is 30.4 Å². The van der Waals surface area contributed by atoms with Crippen molar-refractivity contribution in [2.24, 2.45) is 0 Å². The van der Waals surface area contributed by atoms with Crippen LogP contribution in [0, 0.1) is 6.92 Å². The van der Waals surface area contributed by atoms with Crippen LogP contribution >= 0.6 is 0 Å². The van der Waals surface area contributed by atoms with E-state index in [9.17, 15) is 0 Å². The molecule has 0 atom stereocenters. The molecule has 2 aromatic heterocycles. The fourth-order valence-corrected chi connectivity index (χ4v) is 5.69. The molecule has 39 heavy (non-hydrogen) atoms. The van der Waals surface area contributed by atoms with Crippen LogP contribution in [0.25, 0.3) is 66.1 Å². The second kappa shape index (κ2) is 9.66. The van der Waals surface area contributed by atoms with Gasteiger partial charge in [-0.1, -0.05) is 91.0 Å². The molecule has 0 saturated heterocycles. The summed E-state index contributed by atoms with van der Waals surface area (Å²) in [5, 5.41) is 5.02. The Kier molecular flexibility index (Phi) is 5.71. The Balaban J connectivity index is 1.45. The molecule has 0 aliphatic carbocycles. The van der Waals surface area contributed by atoms with Crippen molar-refractivity contribution < 1.29 is 0 Å². The summed E-state index contributed by atoms with van der Waals surface area (Å²) in [6.45, 7) is 2.08. The maximum atomic E-state index is 4.38. The zero-order valence-electron chi connectivity index (χ0n) is 21.7. The maximum absolute atomic E-state index is 4.38. The Hall–Kier alpha value is -5.08. The first-order valence-electron chi connectivity index (χ1n) is 13.2. The molecule has 0 fully saturated rings. The minimum absolute atomic E-state index is 1.14. The van der Waals surface area contributed by atoms with Crippen molar-refractivity contribution in [2.45, 2.75) is 6.92 Å². The first-order chi connectivity index (χ1) is 19.3. The van der Waals surface area contributed by atoms with Crippen LogP contribution in [0.1, 0.15) is 5.56 Å². The molecule has 0 radical (unpaired) electrons. The van der Waals surface area contributed by atoms with Gasteiger partial charge < -0.3 is 0 Å². The van der Waals surface area contributed by atoms with E-state index in [1.807, 2.05) is 24.8 Å². The molecule has 0 N–H and O–H groups in total. The molecule has 7 aromatic rings. The molecule has 0 saturated carbocycles. The van der Waals surface area contributed by atoms with Crippen LogP contribution < -0.4 is 0 Å². The third kappa shape index (κ3) is 4.17. The SMILES string of the molecule is Cc1cncc(-c2ccc(-c3c4ccccc4c(-c4cccc(-c5ccncc5)c4)c4ccccc34)cc2)c1. The van der Waals surface area contributed by atoms with Crippen molar-refractivity contribution in [1.29, 1.82) is 0 Å². The summed E-state index contributed by atoms with van der Waals surface area (Å²) < 4.78 is 0. The summed E-state index contributed by atoms with van der Waals surface area (Å²) in [7, 11) is 0. The van der Waals surface area contributed by atoms with Gasteiger partial charge in [-0.25, -0.2) is 0 Å². The quantitative estimate of drug-likeness (QED) is 0.226. The minimum Gasteiger partial charge on any atom is -0.265 e. The van der Waals surface area contributed by atoms with E-state index in [0.29, 0.717) is 0 Å². The van der Waals surface area contributed by atoms with Crippen molar-refractivity contribution in [3.63, 3.8) is 0 Å². The lowest BCUT2D eigenvalue weighted by molar-refractivity contribution is 1.27. The molecule has 0 aliphatic rings. The largest absolute Gasteiger partial charge is 0.265 e. The highest BCUT2D eigenvalue weighted by Gasteiger charge is 2.17. The average molecular weight is 499 g/mol. The van der Waals surface area contributed by atoms with Gasteiger partial charge in [-0.05, 0) is 97.2 Å². The molecule has 184 valence electrons. The normalized spacial score (nSPS) is 11.2. The highest BCUT2D eigenvalue weighted by Crippen LogP contribution is 2.44. The predicted octanol–water partition coefficient (Wildman–Crippen LogP) is 9.76. The Morgan fingerprint density at radius 1 is 0.385 bits per heavy atom. The molecule has 5 aromatic carbocycles. The zero-order chi connectivity index (χ0) is 26.2. The molecule has 2 nitrogen and oxygen atoms in total. The van der Waals surface area contributed by atoms with Gasteiger partial charge in [0.1, 0.15) is 0 Å². The van der Waals surface area contributed by atoms with Gasteiger partial charge in [0.2, 0.25) is 0 Å². The van der Waals surface area contributed by atoms with Gasteiger partial charge in [0.15, 0.2) is 0 Å². The summed E-state index contributed by atoms with van der Waals surface area (Å²) in [6.07, 6.45) is 7.52. The van der Waals surface area contributed by atoms with Gasteiger partial charge in [-0.3, -0.25) is 9.97 Å². The lowest BCUT2D eigenvalue weighted by atomic mass is 9.85. The Morgan fingerprint density at radius 3 is 1.54 bits per heavy atom. The first kappa shape index (κ1) is 23.1. The number of aromatic nitrogens is 2. The number of rotatable bonds is 4. The van der Waals surface area contributed by atoms with Crippen molar-refractivity contribution in [3.8, 4) is 44.5 Å². The van der Waals surface area contributed by atoms with Crippen LogP contribution in [0.3, 0.4) is 0 Å². The van der Waals surface area contributed by atoms with Crippen LogP contribution in [0.4, 0.5) is 0 Å². The predicted molar refractivity (Wildman–Crippen MR) is 164 cm³/mol. The summed E-state index contributed by atoms with van der Waals surface area (Å²) >= 11 is 0. The summed E-state index contributed by atoms with van der Waals surface area (Å²) in [5.74, 6) is 0. The van der Waals surface area contributed by atoms with E-state index < -0.39 is 0 Å². The van der Waals surface area contributed by atoms with E-state index in [0.717, 1.165) is 11.1 Å². The molecule has 2 heteroatoms. The Labute approximate surface area is 228 Å². The van der Waals surface area contributed by atoms with Gasteiger partial charge in [0.05, 0.1) is 0 Å². The van der Waals surface area contributed by atoms with Crippen LogP contribution in [-0.2, 0) is 0 Å². The lowest BCUT2D eigenvalue weighted by Crippen LogP contribution is -1.91. The van der Waals surface area contributed by atoms with E-state index >= 15 is 0 Å². The molecule has 7 rings (SSSR count). The second-order valence-electron chi connectivity index (χ2n) is 9.99. The average Bonchev–Trinajstić information content (AvgIpc) is 3.00. The molecule has 0 aliphatic heterocycles. The van der Waals surface area contributed by atoms with Gasteiger partial charge in [-0.15, -0.1) is 0 Å². The van der Waals surface area contributed by atoms with Crippen LogP contribution in [0.2, 0.25) is 0 Å². The Morgan fingerprint density at radius 2 is 0.923 bits per heavy atom. The van der Waals surface area contributed by atoms with Crippen molar-refractivity contribution in [2.75, 3.05) is 0 Å². The van der Waals surface area contributed by atoms with Crippen molar-refractivity contribution >= 4 is 21.5 Å². The number of nitrogens with zero attached hydrogens (tertiary/aromatic N) is 2. The summed E-state index contributed by atoms with van der Waals surface area (Å²) in [4.78, 5) is 8.58. The van der Waals surface area contributed by atoms with E-state index in [1.165, 1.54) is 60.5 Å². The fraction of sp³-hybridized carbons (Fsp3) is 0.0270. The topological polar surface area (TPSA) is 25.8 Å². The molecule has 0 amide bonds. The van der Waals surface area contributed by atoms with Gasteiger partial charge in [-0.2, -0.15) is 0 Å². The third-order valence-corrected chi connectivity index (χ3v) is 7.48. The monoisotopic (exact) mass is 498 g/mol. The van der Waals surface area contributed by atoms with Crippen LogP contribution in [0.5, 0.6) is 0 Å². The Bertz CT molecular complexity index is 1900. The number of hydrogen-bond donors (Lipinski definition) is 0. The van der Waals surface area contributed by atoms with E-state index in [1.54, 1.807) is 0 Å². The van der Waals surface area contributed by atoms with Crippen LogP contribution in [-0.4, -0.2) is 9.97 Å².